The summed E-state index contributed by atoms with van der Waals surface area (Å²) in [6.07, 6.45) is 0. The molecule has 0 saturated carbocycles. The predicted octanol–water partition coefficient (Wildman–Crippen LogP) is 0.00770. The van der Waals surface area contributed by atoms with Crippen LogP contribution in [0.4, 0.5) is 0 Å². The molecule has 0 aromatic heterocycles. The van der Waals surface area contributed by atoms with Crippen molar-refractivity contribution < 1.29 is 10.2 Å². The van der Waals surface area contributed by atoms with E-state index < -0.39 is 5.62 Å². The minimum absolute atomic E-state index is 0.748. The number of hydrogen-bond acceptors (Lipinski definition) is 3. The van der Waals surface area contributed by atoms with Crippen molar-refractivity contribution >= 4 is 11.8 Å². The van der Waals surface area contributed by atoms with E-state index in [9.17, 15) is 0 Å². The number of aliphatic hydroxyl groups excluding tert-OH is 1. The molecule has 0 aliphatic rings. The number of hydrogen-bond donors (Lipinski definition) is 2. The lowest BCUT2D eigenvalue weighted by Crippen LogP contribution is -1.95. The molecule has 0 atom stereocenters. The van der Waals surface area contributed by atoms with Crippen molar-refractivity contribution in [1.82, 2.24) is 0 Å². The summed E-state index contributed by atoms with van der Waals surface area (Å²) in [6.45, 7) is 1.87. The van der Waals surface area contributed by atoms with Crippen LogP contribution in [0.1, 0.15) is 6.92 Å². The van der Waals surface area contributed by atoms with Crippen LogP contribution in [0.2, 0.25) is 0 Å². The molecule has 0 aromatic carbocycles. The van der Waals surface area contributed by atoms with Gasteiger partial charge in [0.15, 0.2) is 0 Å². The largest absolute Gasteiger partial charge is 0.360 e. The fraction of sp³-hybridized carbons (Fsp3) is 1.00. The first-order valence-electron chi connectivity index (χ1n) is 1.75. The predicted molar refractivity (Wildman–Crippen MR) is 26.4 cm³/mol. The molecule has 0 aliphatic heterocycles. The molecule has 0 saturated heterocycles. The monoisotopic (exact) mass is 108 g/mol. The van der Waals surface area contributed by atoms with Gasteiger partial charge in [-0.2, -0.15) is 0 Å². The van der Waals surface area contributed by atoms with Gasteiger partial charge in [0.25, 0.3) is 0 Å². The van der Waals surface area contributed by atoms with Gasteiger partial charge in [0, 0.05) is 0 Å². The van der Waals surface area contributed by atoms with Crippen molar-refractivity contribution in [2.45, 2.75) is 12.5 Å². The van der Waals surface area contributed by atoms with Crippen LogP contribution in [-0.2, 0) is 0 Å². The van der Waals surface area contributed by atoms with Crippen LogP contribution in [0.3, 0.4) is 0 Å². The Labute approximate surface area is 41.2 Å². The zero-order chi connectivity index (χ0) is 4.99. The van der Waals surface area contributed by atoms with E-state index in [0.717, 1.165) is 17.5 Å². The van der Waals surface area contributed by atoms with Crippen LogP contribution in [0, 0.1) is 0 Å². The molecule has 0 rings (SSSR count). The second-order valence-corrected chi connectivity index (χ2v) is 2.11. The van der Waals surface area contributed by atoms with E-state index in [1.807, 2.05) is 6.92 Å². The van der Waals surface area contributed by atoms with Gasteiger partial charge in [-0.1, -0.05) is 6.92 Å². The minimum atomic E-state index is -1.19. The Morgan fingerprint density at radius 2 is 2.17 bits per heavy atom. The Morgan fingerprint density at radius 3 is 2.17 bits per heavy atom. The third kappa shape index (κ3) is 4.27. The molecule has 2 nitrogen and oxygen atoms in total. The molecule has 0 aromatic rings. The van der Waals surface area contributed by atoms with Gasteiger partial charge in [0.05, 0.1) is 0 Å². The van der Waals surface area contributed by atoms with Crippen LogP contribution < -0.4 is 0 Å². The van der Waals surface area contributed by atoms with Gasteiger partial charge < -0.3 is 10.2 Å². The molecule has 2 N–H and O–H groups in total. The summed E-state index contributed by atoms with van der Waals surface area (Å²) in [7, 11) is 0. The van der Waals surface area contributed by atoms with Gasteiger partial charge in [-0.25, -0.2) is 0 Å². The lowest BCUT2D eigenvalue weighted by molar-refractivity contribution is 0.0406. The maximum atomic E-state index is 8.07. The second kappa shape index (κ2) is 3.46. The third-order valence-corrected chi connectivity index (χ3v) is 0.947. The highest BCUT2D eigenvalue weighted by Gasteiger charge is 1.89. The first-order chi connectivity index (χ1) is 2.77. The van der Waals surface area contributed by atoms with Gasteiger partial charge in [0.2, 0.25) is 5.62 Å². The zero-order valence-electron chi connectivity index (χ0n) is 3.59. The lowest BCUT2D eigenvalue weighted by Gasteiger charge is -1.94. The molecule has 3 heteroatoms. The molecule has 0 amide bonds. The van der Waals surface area contributed by atoms with E-state index in [-0.39, 0.29) is 0 Å². The first kappa shape index (κ1) is 6.27. The van der Waals surface area contributed by atoms with E-state index in [2.05, 4.69) is 0 Å². The fourth-order valence-electron chi connectivity index (χ4n) is 0.149. The molecule has 0 unspecified atom stereocenters. The molecule has 6 heavy (non-hydrogen) atoms. The summed E-state index contributed by atoms with van der Waals surface area (Å²) in [5.74, 6) is 0.748. The number of thioether (sulfide) groups is 1. The summed E-state index contributed by atoms with van der Waals surface area (Å²) >= 11 is 1.10. The molecular weight excluding hydrogens is 100 g/mol. The van der Waals surface area contributed by atoms with Crippen molar-refractivity contribution in [3.63, 3.8) is 0 Å². The van der Waals surface area contributed by atoms with Crippen LogP contribution in [0.25, 0.3) is 0 Å². The quantitative estimate of drug-likeness (QED) is 0.489. The van der Waals surface area contributed by atoms with E-state index >= 15 is 0 Å². The molecule has 38 valence electrons. The normalized spacial score (nSPS) is 10.0. The molecule has 0 fully saturated rings. The van der Waals surface area contributed by atoms with Gasteiger partial charge in [-0.05, 0) is 5.75 Å². The molecular formula is C3H8O2S. The molecule has 0 spiro atoms. The Bertz CT molecular complexity index is 30.0. The molecule has 0 heterocycles. The maximum absolute atomic E-state index is 8.07. The van der Waals surface area contributed by atoms with Gasteiger partial charge in [-0.3, -0.25) is 0 Å². The highest BCUT2D eigenvalue weighted by Crippen LogP contribution is 2.00. The van der Waals surface area contributed by atoms with Crippen LogP contribution in [0.5, 0.6) is 0 Å². The summed E-state index contributed by atoms with van der Waals surface area (Å²) in [4.78, 5) is 0. The average molecular weight is 108 g/mol. The van der Waals surface area contributed by atoms with Gasteiger partial charge in [-0.15, -0.1) is 11.8 Å². The zero-order valence-corrected chi connectivity index (χ0v) is 4.40. The molecule has 0 aliphatic carbocycles. The minimum Gasteiger partial charge on any atom is -0.360 e. The Morgan fingerprint density at radius 1 is 1.67 bits per heavy atom. The van der Waals surface area contributed by atoms with Crippen molar-refractivity contribution in [2.75, 3.05) is 5.75 Å². The van der Waals surface area contributed by atoms with Crippen molar-refractivity contribution in [3.8, 4) is 0 Å². The van der Waals surface area contributed by atoms with Crippen molar-refractivity contribution in [1.29, 1.82) is 0 Å². The van der Waals surface area contributed by atoms with E-state index in [1.54, 1.807) is 0 Å². The van der Waals surface area contributed by atoms with Crippen LogP contribution >= 0.6 is 11.8 Å². The van der Waals surface area contributed by atoms with Crippen LogP contribution in [-0.4, -0.2) is 21.6 Å². The lowest BCUT2D eigenvalue weighted by atomic mass is 11.0. The highest BCUT2D eigenvalue weighted by molar-refractivity contribution is 7.99. The fourth-order valence-corrected chi connectivity index (χ4v) is 0.447. The van der Waals surface area contributed by atoms with E-state index in [1.165, 1.54) is 0 Å². The second-order valence-electron chi connectivity index (χ2n) is 0.782. The first-order valence-corrected chi connectivity index (χ1v) is 2.80. The highest BCUT2D eigenvalue weighted by atomic mass is 32.2. The smallest absolute Gasteiger partial charge is 0.201 e. The van der Waals surface area contributed by atoms with E-state index in [4.69, 9.17) is 10.2 Å². The number of rotatable bonds is 2. The Balaban J connectivity index is 2.63. The van der Waals surface area contributed by atoms with Crippen LogP contribution in [0.15, 0.2) is 0 Å². The topological polar surface area (TPSA) is 40.5 Å². The summed E-state index contributed by atoms with van der Waals surface area (Å²) in [5.41, 5.74) is -1.19. The summed E-state index contributed by atoms with van der Waals surface area (Å²) in [5, 5.41) is 16.1. The molecule has 0 radical (unpaired) electrons. The Hall–Kier alpha value is 0.270. The summed E-state index contributed by atoms with van der Waals surface area (Å²) < 4.78 is 0. The average Bonchev–Trinajstić information content (AvgIpc) is 1.35. The van der Waals surface area contributed by atoms with Crippen molar-refractivity contribution in [3.05, 3.63) is 0 Å². The van der Waals surface area contributed by atoms with E-state index in [0.29, 0.717) is 0 Å². The van der Waals surface area contributed by atoms with Gasteiger partial charge >= 0.3 is 0 Å². The maximum Gasteiger partial charge on any atom is 0.201 e. The van der Waals surface area contributed by atoms with Gasteiger partial charge in [0.1, 0.15) is 0 Å². The third-order valence-electron chi connectivity index (χ3n) is 0.316. The Kier molecular flexibility index (Phi) is 3.62. The summed E-state index contributed by atoms with van der Waals surface area (Å²) in [6, 6.07) is 0. The number of aliphatic hydroxyl groups is 2. The van der Waals surface area contributed by atoms with Crippen molar-refractivity contribution in [2.24, 2.45) is 0 Å². The SMILES string of the molecule is CCSC(O)O. The molecule has 0 bridgehead atoms. The standard InChI is InChI=1S/C3H8O2S/c1-2-6-3(4)5/h3-5H,2H2,1H3.